The lowest BCUT2D eigenvalue weighted by atomic mass is 10.0. The van der Waals surface area contributed by atoms with Gasteiger partial charge in [0, 0.05) is 18.3 Å². The van der Waals surface area contributed by atoms with E-state index in [1.54, 1.807) is 0 Å². The normalized spacial score (nSPS) is 13.6. The van der Waals surface area contributed by atoms with Crippen LogP contribution in [0.3, 0.4) is 0 Å². The summed E-state index contributed by atoms with van der Waals surface area (Å²) in [5.74, 6) is -12.2. The van der Waals surface area contributed by atoms with Crippen molar-refractivity contribution in [2.45, 2.75) is 30.7 Å². The number of nitrogens with zero attached hydrogens (tertiary/aromatic N) is 3. The third kappa shape index (κ3) is 4.12. The van der Waals surface area contributed by atoms with Crippen molar-refractivity contribution in [3.05, 3.63) is 57.4 Å². The van der Waals surface area contributed by atoms with E-state index in [1.165, 1.54) is 0 Å². The van der Waals surface area contributed by atoms with Crippen molar-refractivity contribution in [2.24, 2.45) is 0 Å². The number of benzene rings is 1. The number of rotatable bonds is 5. The molecule has 1 aromatic carbocycles. The number of aromatic nitrogens is 2. The van der Waals surface area contributed by atoms with Gasteiger partial charge in [0.2, 0.25) is 0 Å². The molecular weight excluding hydrogens is 432 g/mol. The van der Waals surface area contributed by atoms with Crippen molar-refractivity contribution in [3.8, 4) is 0 Å². The van der Waals surface area contributed by atoms with Crippen LogP contribution < -0.4 is 0 Å². The van der Waals surface area contributed by atoms with E-state index >= 15 is 0 Å². The van der Waals surface area contributed by atoms with Crippen LogP contribution in [0.5, 0.6) is 0 Å². The lowest BCUT2D eigenvalue weighted by Crippen LogP contribution is -2.40. The van der Waals surface area contributed by atoms with Gasteiger partial charge in [-0.1, -0.05) is 12.1 Å². The Morgan fingerprint density at radius 1 is 0.862 bits per heavy atom. The Bertz CT molecular complexity index is 856. The topological polar surface area (TPSA) is 61.0 Å². The SMILES string of the molecule is O=[N+]([O-])c1ccc(Cn2cc(C(F)(F)C(F)(F)F)c(C(F)(F)C(F)(F)F)n2)cc1. The summed E-state index contributed by atoms with van der Waals surface area (Å²) < 4.78 is 130. The fourth-order valence-corrected chi connectivity index (χ4v) is 2.16. The average molecular weight is 439 g/mol. The Balaban J connectivity index is 2.56. The summed E-state index contributed by atoms with van der Waals surface area (Å²) in [6, 6.07) is 3.77. The van der Waals surface area contributed by atoms with Gasteiger partial charge >= 0.3 is 24.2 Å². The molecule has 0 fully saturated rings. The summed E-state index contributed by atoms with van der Waals surface area (Å²) in [5, 5.41) is 13.1. The zero-order valence-corrected chi connectivity index (χ0v) is 13.5. The molecule has 0 saturated carbocycles. The Morgan fingerprint density at radius 2 is 1.34 bits per heavy atom. The Labute approximate surface area is 153 Å². The molecule has 0 aliphatic rings. The minimum atomic E-state index is -6.49. The van der Waals surface area contributed by atoms with Crippen LogP contribution in [0, 0.1) is 10.1 Å². The molecule has 15 heteroatoms. The van der Waals surface area contributed by atoms with Crippen LogP contribution in [-0.2, 0) is 18.4 Å². The number of hydrogen-bond donors (Lipinski definition) is 0. The number of nitro groups is 1. The zero-order valence-electron chi connectivity index (χ0n) is 13.5. The van der Waals surface area contributed by atoms with E-state index in [1.807, 2.05) is 0 Å². The Hall–Kier alpha value is -2.87. The Kier molecular flexibility index (Phi) is 5.32. The molecule has 160 valence electrons. The van der Waals surface area contributed by atoms with Gasteiger partial charge in [-0.3, -0.25) is 14.8 Å². The first-order chi connectivity index (χ1) is 13.0. The molecule has 0 unspecified atom stereocenters. The van der Waals surface area contributed by atoms with Gasteiger partial charge in [-0.15, -0.1) is 0 Å². The molecule has 0 saturated heterocycles. The van der Waals surface area contributed by atoms with Crippen molar-refractivity contribution in [1.29, 1.82) is 0 Å². The molecule has 0 N–H and O–H groups in total. The smallest absolute Gasteiger partial charge is 0.267 e. The largest absolute Gasteiger partial charge is 0.459 e. The molecule has 0 aliphatic heterocycles. The van der Waals surface area contributed by atoms with Crippen molar-refractivity contribution in [1.82, 2.24) is 9.78 Å². The van der Waals surface area contributed by atoms with Crippen LogP contribution in [-0.4, -0.2) is 27.1 Å². The van der Waals surface area contributed by atoms with Crippen molar-refractivity contribution < 1.29 is 48.8 Å². The van der Waals surface area contributed by atoms with E-state index in [4.69, 9.17) is 0 Å². The number of nitro benzene ring substituents is 1. The van der Waals surface area contributed by atoms with Gasteiger partial charge in [0.25, 0.3) is 5.69 Å². The van der Waals surface area contributed by atoms with Gasteiger partial charge in [0.05, 0.1) is 17.0 Å². The minimum Gasteiger partial charge on any atom is -0.267 e. The average Bonchev–Trinajstić information content (AvgIpc) is 2.98. The number of halogens is 10. The summed E-state index contributed by atoms with van der Waals surface area (Å²) in [7, 11) is 0. The van der Waals surface area contributed by atoms with Gasteiger partial charge in [-0.05, 0) is 5.56 Å². The maximum absolute atomic E-state index is 13.6. The molecule has 0 atom stereocenters. The van der Waals surface area contributed by atoms with Gasteiger partial charge in [-0.25, -0.2) is 0 Å². The summed E-state index contributed by atoms with van der Waals surface area (Å²) in [5.41, 5.74) is -5.94. The monoisotopic (exact) mass is 439 g/mol. The molecule has 1 aromatic heterocycles. The fraction of sp³-hybridized carbons (Fsp3) is 0.357. The predicted octanol–water partition coefficient (Wildman–Crippen LogP) is 5.15. The van der Waals surface area contributed by atoms with Crippen LogP contribution in [0.25, 0.3) is 0 Å². The summed E-state index contributed by atoms with van der Waals surface area (Å²) >= 11 is 0. The highest BCUT2D eigenvalue weighted by Crippen LogP contribution is 2.51. The van der Waals surface area contributed by atoms with E-state index in [0.29, 0.717) is 0 Å². The second-order valence-electron chi connectivity index (χ2n) is 5.66. The maximum Gasteiger partial charge on any atom is 0.459 e. The second kappa shape index (κ2) is 6.88. The molecule has 2 aromatic rings. The molecule has 0 radical (unpaired) electrons. The first kappa shape index (κ1) is 22.4. The van der Waals surface area contributed by atoms with E-state index in [9.17, 15) is 54.0 Å². The van der Waals surface area contributed by atoms with E-state index < -0.39 is 52.6 Å². The molecule has 1 heterocycles. The van der Waals surface area contributed by atoms with Crippen molar-refractivity contribution in [3.63, 3.8) is 0 Å². The van der Waals surface area contributed by atoms with Gasteiger partial charge in [-0.2, -0.15) is 49.0 Å². The van der Waals surface area contributed by atoms with E-state index in [-0.39, 0.29) is 16.4 Å². The highest BCUT2D eigenvalue weighted by Gasteiger charge is 2.67. The summed E-state index contributed by atoms with van der Waals surface area (Å²) in [6.45, 7) is -0.813. The van der Waals surface area contributed by atoms with Crippen LogP contribution in [0.4, 0.5) is 49.6 Å². The molecule has 0 bridgehead atoms. The third-order valence-electron chi connectivity index (χ3n) is 3.60. The molecule has 29 heavy (non-hydrogen) atoms. The molecule has 0 amide bonds. The Morgan fingerprint density at radius 3 is 1.76 bits per heavy atom. The first-order valence-corrected chi connectivity index (χ1v) is 7.19. The lowest BCUT2D eigenvalue weighted by molar-refractivity contribution is -0.384. The highest BCUT2D eigenvalue weighted by atomic mass is 19.4. The van der Waals surface area contributed by atoms with Crippen LogP contribution in [0.1, 0.15) is 16.8 Å². The zero-order chi connectivity index (χ0) is 22.4. The standard InChI is InChI=1S/C14H7F10N3O2/c15-11(16,13(19,20)21)9-6-26(25-10(9)12(17,18)14(22,23)24)5-7-1-3-8(4-2-7)27(28)29/h1-4,6H,5H2. The predicted molar refractivity (Wildman–Crippen MR) is 74.3 cm³/mol. The number of hydrogen-bond acceptors (Lipinski definition) is 3. The fourth-order valence-electron chi connectivity index (χ4n) is 2.16. The highest BCUT2D eigenvalue weighted by molar-refractivity contribution is 5.34. The molecule has 5 nitrogen and oxygen atoms in total. The van der Waals surface area contributed by atoms with Crippen LogP contribution >= 0.6 is 0 Å². The lowest BCUT2D eigenvalue weighted by Gasteiger charge is -2.23. The van der Waals surface area contributed by atoms with Crippen molar-refractivity contribution >= 4 is 5.69 Å². The molecule has 0 aliphatic carbocycles. The minimum absolute atomic E-state index is 0.0329. The third-order valence-corrected chi connectivity index (χ3v) is 3.60. The number of non-ortho nitro benzene ring substituents is 1. The van der Waals surface area contributed by atoms with Gasteiger partial charge in [0.1, 0.15) is 0 Å². The second-order valence-corrected chi connectivity index (χ2v) is 5.66. The molecule has 0 spiro atoms. The quantitative estimate of drug-likeness (QED) is 0.368. The van der Waals surface area contributed by atoms with E-state index in [2.05, 4.69) is 5.10 Å². The van der Waals surface area contributed by atoms with Crippen molar-refractivity contribution in [2.75, 3.05) is 0 Å². The van der Waals surface area contributed by atoms with Crippen LogP contribution in [0.15, 0.2) is 30.5 Å². The summed E-state index contributed by atoms with van der Waals surface area (Å²) in [4.78, 5) is 9.72. The van der Waals surface area contributed by atoms with Crippen LogP contribution in [0.2, 0.25) is 0 Å². The molecular formula is C14H7F10N3O2. The molecule has 2 rings (SSSR count). The van der Waals surface area contributed by atoms with E-state index in [0.717, 1.165) is 24.3 Å². The van der Waals surface area contributed by atoms with Gasteiger partial charge in [0.15, 0.2) is 5.69 Å². The maximum atomic E-state index is 13.6. The van der Waals surface area contributed by atoms with Gasteiger partial charge < -0.3 is 0 Å². The summed E-state index contributed by atoms with van der Waals surface area (Å²) in [6.07, 6.45) is -13.2. The first-order valence-electron chi connectivity index (χ1n) is 7.19. The number of alkyl halides is 10.